The molecule has 0 bridgehead atoms. The van der Waals surface area contributed by atoms with E-state index in [0.717, 1.165) is 12.8 Å². The van der Waals surface area contributed by atoms with Gasteiger partial charge < -0.3 is 5.73 Å². The lowest BCUT2D eigenvalue weighted by Gasteiger charge is -2.27. The lowest BCUT2D eigenvalue weighted by atomic mass is 9.83. The maximum atomic E-state index is 6.03. The van der Waals surface area contributed by atoms with E-state index in [2.05, 4.69) is 24.6 Å². The smallest absolute Gasteiger partial charge is 0.0624 e. The van der Waals surface area contributed by atoms with E-state index in [4.69, 9.17) is 10.8 Å². The lowest BCUT2D eigenvalue weighted by molar-refractivity contribution is 0.275. The molecule has 0 aromatic carbocycles. The minimum atomic E-state index is 0.450. The van der Waals surface area contributed by atoms with E-state index in [0.29, 0.717) is 17.5 Å². The highest BCUT2D eigenvalue weighted by molar-refractivity contribution is 5.17. The van der Waals surface area contributed by atoms with Gasteiger partial charge >= 0.3 is 0 Å². The Morgan fingerprint density at radius 1 is 1.33 bits per heavy atom. The lowest BCUT2D eigenvalue weighted by Crippen LogP contribution is -2.28. The van der Waals surface area contributed by atoms with Crippen LogP contribution in [0.5, 0.6) is 0 Å². The second-order valence-corrected chi connectivity index (χ2v) is 6.20. The summed E-state index contributed by atoms with van der Waals surface area (Å²) in [7, 11) is 0. The van der Waals surface area contributed by atoms with Crippen LogP contribution in [0.1, 0.15) is 63.4 Å². The van der Waals surface area contributed by atoms with Crippen LogP contribution in [-0.2, 0) is 12.8 Å². The molecular formula is C15H25N3. The molecule has 1 heterocycles. The van der Waals surface area contributed by atoms with Gasteiger partial charge in [0.2, 0.25) is 0 Å². The summed E-state index contributed by atoms with van der Waals surface area (Å²) in [4.78, 5) is 0. The standard InChI is InChI=1S/C15H25N3/c1-3-12-9-13(4-2)18(17-12)14-10-15(14)7-5-11(16)6-8-15/h9,11,14H,3-8,10,16H2,1-2H3/t11?,14-,15?/m1/s1. The summed E-state index contributed by atoms with van der Waals surface area (Å²) in [5.41, 5.74) is 9.25. The Balaban J connectivity index is 1.79. The van der Waals surface area contributed by atoms with Crippen LogP contribution in [0.4, 0.5) is 0 Å². The summed E-state index contributed by atoms with van der Waals surface area (Å²) in [5.74, 6) is 0. The van der Waals surface area contributed by atoms with Gasteiger partial charge in [0.05, 0.1) is 11.7 Å². The van der Waals surface area contributed by atoms with Gasteiger partial charge in [-0.15, -0.1) is 0 Å². The van der Waals surface area contributed by atoms with Gasteiger partial charge in [0, 0.05) is 11.7 Å². The number of nitrogens with zero attached hydrogens (tertiary/aromatic N) is 2. The van der Waals surface area contributed by atoms with Gasteiger partial charge in [0.25, 0.3) is 0 Å². The largest absolute Gasteiger partial charge is 0.328 e. The summed E-state index contributed by atoms with van der Waals surface area (Å²) in [6.45, 7) is 4.42. The van der Waals surface area contributed by atoms with Gasteiger partial charge in [0.1, 0.15) is 0 Å². The normalized spacial score (nSPS) is 35.1. The van der Waals surface area contributed by atoms with Crippen molar-refractivity contribution >= 4 is 0 Å². The molecule has 2 saturated carbocycles. The van der Waals surface area contributed by atoms with Crippen molar-refractivity contribution in [2.24, 2.45) is 11.1 Å². The second-order valence-electron chi connectivity index (χ2n) is 6.20. The monoisotopic (exact) mass is 247 g/mol. The van der Waals surface area contributed by atoms with E-state index < -0.39 is 0 Å². The average Bonchev–Trinajstić information content (AvgIpc) is 2.92. The molecule has 2 aliphatic rings. The quantitative estimate of drug-likeness (QED) is 0.892. The Morgan fingerprint density at radius 2 is 2.06 bits per heavy atom. The SMILES string of the molecule is CCc1cc(CC)n([C@@H]2CC23CCC(N)CC3)n1. The van der Waals surface area contributed by atoms with E-state index in [1.807, 2.05) is 0 Å². The third kappa shape index (κ3) is 1.89. The van der Waals surface area contributed by atoms with Crippen molar-refractivity contribution < 1.29 is 0 Å². The average molecular weight is 247 g/mol. The summed E-state index contributed by atoms with van der Waals surface area (Å²) >= 11 is 0. The molecule has 0 unspecified atom stereocenters. The molecule has 0 saturated heterocycles. The molecule has 2 fully saturated rings. The number of nitrogens with two attached hydrogens (primary N) is 1. The van der Waals surface area contributed by atoms with Crippen LogP contribution in [0.25, 0.3) is 0 Å². The molecule has 2 N–H and O–H groups in total. The molecule has 1 atom stereocenters. The molecule has 1 spiro atoms. The van der Waals surface area contributed by atoms with Crippen LogP contribution in [-0.4, -0.2) is 15.8 Å². The van der Waals surface area contributed by atoms with Crippen molar-refractivity contribution in [1.82, 2.24) is 9.78 Å². The molecule has 18 heavy (non-hydrogen) atoms. The van der Waals surface area contributed by atoms with E-state index >= 15 is 0 Å². The van der Waals surface area contributed by atoms with Gasteiger partial charge in [-0.25, -0.2) is 0 Å². The van der Waals surface area contributed by atoms with Crippen LogP contribution in [0, 0.1) is 5.41 Å². The molecule has 1 aromatic rings. The third-order valence-electron chi connectivity index (χ3n) is 5.06. The number of hydrogen-bond donors (Lipinski definition) is 1. The van der Waals surface area contributed by atoms with Gasteiger partial charge in [-0.3, -0.25) is 4.68 Å². The Bertz CT molecular complexity index is 427. The first-order valence-corrected chi connectivity index (χ1v) is 7.51. The molecule has 0 radical (unpaired) electrons. The highest BCUT2D eigenvalue weighted by atomic mass is 15.3. The van der Waals surface area contributed by atoms with Crippen LogP contribution < -0.4 is 5.73 Å². The molecule has 3 heteroatoms. The summed E-state index contributed by atoms with van der Waals surface area (Å²) in [5, 5.41) is 4.82. The summed E-state index contributed by atoms with van der Waals surface area (Å²) in [6.07, 6.45) is 8.51. The topological polar surface area (TPSA) is 43.8 Å². The molecule has 2 aliphatic carbocycles. The number of aromatic nitrogens is 2. The van der Waals surface area contributed by atoms with E-state index in [9.17, 15) is 0 Å². The van der Waals surface area contributed by atoms with E-state index in [1.54, 1.807) is 0 Å². The molecule has 0 aliphatic heterocycles. The Hall–Kier alpha value is -0.830. The van der Waals surface area contributed by atoms with Crippen LogP contribution in [0.3, 0.4) is 0 Å². The molecule has 3 rings (SSSR count). The fourth-order valence-corrected chi connectivity index (χ4v) is 3.62. The van der Waals surface area contributed by atoms with Crippen molar-refractivity contribution in [2.75, 3.05) is 0 Å². The van der Waals surface area contributed by atoms with Crippen LogP contribution in [0.15, 0.2) is 6.07 Å². The highest BCUT2D eigenvalue weighted by Gasteiger charge is 2.56. The first-order valence-electron chi connectivity index (χ1n) is 7.51. The Morgan fingerprint density at radius 3 is 2.67 bits per heavy atom. The van der Waals surface area contributed by atoms with E-state index in [1.165, 1.54) is 43.5 Å². The van der Waals surface area contributed by atoms with Crippen molar-refractivity contribution in [1.29, 1.82) is 0 Å². The fraction of sp³-hybridized carbons (Fsp3) is 0.800. The van der Waals surface area contributed by atoms with Crippen LogP contribution in [0.2, 0.25) is 0 Å². The second kappa shape index (κ2) is 4.37. The number of aryl methyl sites for hydroxylation is 2. The Labute approximate surface area is 110 Å². The highest BCUT2D eigenvalue weighted by Crippen LogP contribution is 2.64. The molecule has 100 valence electrons. The minimum absolute atomic E-state index is 0.450. The zero-order valence-corrected chi connectivity index (χ0v) is 11.7. The molecule has 1 aromatic heterocycles. The summed E-state index contributed by atoms with van der Waals surface area (Å²) in [6, 6.07) is 3.41. The molecular weight excluding hydrogens is 222 g/mol. The van der Waals surface area contributed by atoms with Crippen LogP contribution >= 0.6 is 0 Å². The molecule has 3 nitrogen and oxygen atoms in total. The third-order valence-corrected chi connectivity index (χ3v) is 5.06. The maximum Gasteiger partial charge on any atom is 0.0624 e. The summed E-state index contributed by atoms with van der Waals surface area (Å²) < 4.78 is 2.34. The van der Waals surface area contributed by atoms with Crippen molar-refractivity contribution in [3.05, 3.63) is 17.5 Å². The number of rotatable bonds is 3. The first-order chi connectivity index (χ1) is 8.68. The van der Waals surface area contributed by atoms with Crippen molar-refractivity contribution in [3.8, 4) is 0 Å². The zero-order chi connectivity index (χ0) is 12.8. The zero-order valence-electron chi connectivity index (χ0n) is 11.7. The fourth-order valence-electron chi connectivity index (χ4n) is 3.62. The van der Waals surface area contributed by atoms with E-state index in [-0.39, 0.29) is 0 Å². The van der Waals surface area contributed by atoms with Gasteiger partial charge in [-0.1, -0.05) is 13.8 Å². The van der Waals surface area contributed by atoms with Gasteiger partial charge in [-0.05, 0) is 56.4 Å². The molecule has 0 amide bonds. The number of hydrogen-bond acceptors (Lipinski definition) is 2. The van der Waals surface area contributed by atoms with Crippen molar-refractivity contribution in [3.63, 3.8) is 0 Å². The van der Waals surface area contributed by atoms with Crippen molar-refractivity contribution in [2.45, 2.75) is 70.9 Å². The first kappa shape index (κ1) is 12.2. The predicted molar refractivity (Wildman–Crippen MR) is 73.5 cm³/mol. The minimum Gasteiger partial charge on any atom is -0.328 e. The van der Waals surface area contributed by atoms with Gasteiger partial charge in [-0.2, -0.15) is 5.10 Å². The van der Waals surface area contributed by atoms with Gasteiger partial charge in [0.15, 0.2) is 0 Å². The Kier molecular flexibility index (Phi) is 2.97. The maximum absolute atomic E-state index is 6.03. The predicted octanol–water partition coefficient (Wildman–Crippen LogP) is 2.84.